The monoisotopic (exact) mass is 467 g/mol. The van der Waals surface area contributed by atoms with Gasteiger partial charge in [0.05, 0.1) is 30.5 Å². The fourth-order valence-corrected chi connectivity index (χ4v) is 9.11. The molecule has 5 rings (SSSR count). The zero-order valence-electron chi connectivity index (χ0n) is 21.1. The molecule has 8 atom stereocenters. The second-order valence-electron chi connectivity index (χ2n) is 12.4. The van der Waals surface area contributed by atoms with Gasteiger partial charge in [-0.15, -0.1) is 0 Å². The van der Waals surface area contributed by atoms with Crippen LogP contribution in [0.1, 0.15) is 84.1 Å². The Kier molecular flexibility index (Phi) is 6.18. The Bertz CT molecular complexity index is 964. The highest BCUT2D eigenvalue weighted by molar-refractivity contribution is 5.82. The van der Waals surface area contributed by atoms with Crippen molar-refractivity contribution in [2.45, 2.75) is 90.7 Å². The summed E-state index contributed by atoms with van der Waals surface area (Å²) in [7, 11) is 0. The van der Waals surface area contributed by atoms with Gasteiger partial charge in [0.25, 0.3) is 0 Å². The number of fused-ring (bicyclic) bond motifs is 5. The molecule has 0 aromatic carbocycles. The number of rotatable bonds is 6. The van der Waals surface area contributed by atoms with Crippen LogP contribution in [-0.4, -0.2) is 39.5 Å². The summed E-state index contributed by atoms with van der Waals surface area (Å²) >= 11 is 0. The maximum absolute atomic E-state index is 13.4. The summed E-state index contributed by atoms with van der Waals surface area (Å²) < 4.78 is 7.79. The average molecular weight is 468 g/mol. The van der Waals surface area contributed by atoms with E-state index in [4.69, 9.17) is 10.00 Å². The van der Waals surface area contributed by atoms with Crippen LogP contribution < -0.4 is 0 Å². The predicted octanol–water partition coefficient (Wildman–Crippen LogP) is 4.75. The average Bonchev–Trinajstić information content (AvgIpc) is 3.40. The quantitative estimate of drug-likeness (QED) is 0.652. The minimum absolute atomic E-state index is 0.0588. The van der Waals surface area contributed by atoms with Crippen LogP contribution >= 0.6 is 0 Å². The number of nitrogens with zero attached hydrogens (tertiary/aromatic N) is 3. The van der Waals surface area contributed by atoms with Crippen molar-refractivity contribution in [3.8, 4) is 6.07 Å². The topological polar surface area (TPSA) is 88.1 Å². The summed E-state index contributed by atoms with van der Waals surface area (Å²) in [5, 5.41) is 24.2. The van der Waals surface area contributed by atoms with Crippen molar-refractivity contribution in [3.63, 3.8) is 0 Å². The van der Waals surface area contributed by atoms with Crippen LogP contribution in [-0.2, 0) is 16.1 Å². The lowest BCUT2D eigenvalue weighted by atomic mass is 9.43. The Morgan fingerprint density at radius 2 is 2.03 bits per heavy atom. The van der Waals surface area contributed by atoms with E-state index in [0.717, 1.165) is 51.7 Å². The predicted molar refractivity (Wildman–Crippen MR) is 129 cm³/mol. The third-order valence-electron chi connectivity index (χ3n) is 10.7. The number of hydrogen-bond acceptors (Lipinski definition) is 5. The molecule has 0 bridgehead atoms. The van der Waals surface area contributed by atoms with Crippen LogP contribution in [0.5, 0.6) is 0 Å². The third-order valence-corrected chi connectivity index (χ3v) is 10.7. The molecule has 1 aromatic rings. The molecule has 6 nitrogen and oxygen atoms in total. The molecule has 1 aromatic heterocycles. The first-order valence-corrected chi connectivity index (χ1v) is 13.5. The highest BCUT2D eigenvalue weighted by atomic mass is 16.5. The standard InChI is InChI=1S/C28H41N3O3/c1-4-34-18-28-12-11-26(2,33)13-20(28)5-6-21-22-7-8-24(27(22,3)10-9-23(21)28)25(32)17-31-16-19(14-29)15-30-31/h15-16,20-24,33H,4-13,17-18H2,1-3H3/t20-,21+,22+,23+,24-,26-,27?,28-/m1/s1. The zero-order chi connectivity index (χ0) is 24.1. The van der Waals surface area contributed by atoms with E-state index in [2.05, 4.69) is 25.0 Å². The molecule has 0 amide bonds. The summed E-state index contributed by atoms with van der Waals surface area (Å²) in [5.74, 6) is 2.80. The van der Waals surface area contributed by atoms with E-state index in [1.54, 1.807) is 10.9 Å². The van der Waals surface area contributed by atoms with Crippen molar-refractivity contribution in [1.82, 2.24) is 9.78 Å². The van der Waals surface area contributed by atoms with Crippen LogP contribution in [0.4, 0.5) is 0 Å². The molecule has 186 valence electrons. The highest BCUT2D eigenvalue weighted by Crippen LogP contribution is 2.68. The van der Waals surface area contributed by atoms with E-state index < -0.39 is 5.60 Å². The van der Waals surface area contributed by atoms with Crippen molar-refractivity contribution in [1.29, 1.82) is 5.26 Å². The maximum Gasteiger partial charge on any atom is 0.157 e. The van der Waals surface area contributed by atoms with Gasteiger partial charge in [-0.25, -0.2) is 0 Å². The molecule has 0 aliphatic heterocycles. The third kappa shape index (κ3) is 3.84. The minimum Gasteiger partial charge on any atom is -0.390 e. The van der Waals surface area contributed by atoms with Crippen molar-refractivity contribution in [3.05, 3.63) is 18.0 Å². The summed E-state index contributed by atoms with van der Waals surface area (Å²) in [6.07, 6.45) is 12.9. The first-order valence-electron chi connectivity index (χ1n) is 13.5. The van der Waals surface area contributed by atoms with E-state index in [9.17, 15) is 9.90 Å². The van der Waals surface area contributed by atoms with Crippen LogP contribution in [0, 0.1) is 51.8 Å². The van der Waals surface area contributed by atoms with Crippen molar-refractivity contribution in [2.75, 3.05) is 13.2 Å². The number of nitriles is 1. The molecule has 1 N–H and O–H groups in total. The molecular formula is C28H41N3O3. The number of aliphatic hydroxyl groups is 1. The maximum atomic E-state index is 13.4. The molecule has 4 saturated carbocycles. The number of aromatic nitrogens is 2. The number of carbonyl (C=O) groups excluding carboxylic acids is 1. The van der Waals surface area contributed by atoms with Gasteiger partial charge in [0, 0.05) is 18.7 Å². The fraction of sp³-hybridized carbons (Fsp3) is 0.821. The molecule has 1 heterocycles. The molecule has 0 spiro atoms. The second-order valence-corrected chi connectivity index (χ2v) is 12.4. The lowest BCUT2D eigenvalue weighted by molar-refractivity contribution is -0.178. The number of ether oxygens (including phenoxy) is 1. The van der Waals surface area contributed by atoms with Gasteiger partial charge in [-0.3, -0.25) is 9.48 Å². The molecule has 4 aliphatic rings. The fourth-order valence-electron chi connectivity index (χ4n) is 9.11. The van der Waals surface area contributed by atoms with E-state index >= 15 is 0 Å². The summed E-state index contributed by atoms with van der Waals surface area (Å²) in [4.78, 5) is 13.4. The molecule has 1 unspecified atom stereocenters. The Morgan fingerprint density at radius 1 is 1.21 bits per heavy atom. The molecule has 0 saturated heterocycles. The molecular weight excluding hydrogens is 426 g/mol. The van der Waals surface area contributed by atoms with Crippen molar-refractivity contribution >= 4 is 5.78 Å². The van der Waals surface area contributed by atoms with E-state index in [1.165, 1.54) is 25.5 Å². The first-order chi connectivity index (χ1) is 16.2. The van der Waals surface area contributed by atoms with Crippen LogP contribution in [0.2, 0.25) is 0 Å². The number of carbonyl (C=O) groups is 1. The number of Topliss-reactive ketones (excluding diaryl/α,β-unsaturated/α-hetero) is 1. The van der Waals surface area contributed by atoms with Crippen molar-refractivity contribution < 1.29 is 14.6 Å². The molecule has 4 aliphatic carbocycles. The number of hydrogen-bond donors (Lipinski definition) is 1. The SMILES string of the molecule is CCOC[C@]12CC[C@@](C)(O)C[C@H]1CC[C@H]1[C@@H]3CC[C@H](C(=O)Cn4cc(C#N)cn4)C3(C)CC[C@@H]12. The Morgan fingerprint density at radius 3 is 2.76 bits per heavy atom. The Balaban J connectivity index is 1.36. The van der Waals surface area contributed by atoms with Gasteiger partial charge < -0.3 is 9.84 Å². The lowest BCUT2D eigenvalue weighted by Gasteiger charge is -2.62. The van der Waals surface area contributed by atoms with Crippen molar-refractivity contribution in [2.24, 2.45) is 40.4 Å². The van der Waals surface area contributed by atoms with Gasteiger partial charge in [-0.2, -0.15) is 10.4 Å². The molecule has 6 heteroatoms. The molecule has 4 fully saturated rings. The lowest BCUT2D eigenvalue weighted by Crippen LogP contribution is -2.58. The summed E-state index contributed by atoms with van der Waals surface area (Å²) in [5.41, 5.74) is 0.210. The minimum atomic E-state index is -0.542. The van der Waals surface area contributed by atoms with Crippen LogP contribution in [0.15, 0.2) is 12.4 Å². The Labute approximate surface area is 204 Å². The highest BCUT2D eigenvalue weighted by Gasteiger charge is 2.63. The first kappa shape index (κ1) is 24.0. The van der Waals surface area contributed by atoms with Crippen LogP contribution in [0.25, 0.3) is 0 Å². The zero-order valence-corrected chi connectivity index (χ0v) is 21.1. The van der Waals surface area contributed by atoms with Gasteiger partial charge in [-0.1, -0.05) is 6.92 Å². The van der Waals surface area contributed by atoms with E-state index in [1.807, 2.05) is 6.92 Å². The molecule has 34 heavy (non-hydrogen) atoms. The Hall–Kier alpha value is -1.71. The van der Waals surface area contributed by atoms with Gasteiger partial charge in [0.2, 0.25) is 0 Å². The second kappa shape index (κ2) is 8.75. The smallest absolute Gasteiger partial charge is 0.157 e. The summed E-state index contributed by atoms with van der Waals surface area (Å²) in [6.45, 7) is 8.36. The number of ketones is 1. The van der Waals surface area contributed by atoms with E-state index in [-0.39, 0.29) is 29.1 Å². The summed E-state index contributed by atoms with van der Waals surface area (Å²) in [6, 6.07) is 2.10. The normalized spacial score (nSPS) is 43.4. The van der Waals surface area contributed by atoms with Gasteiger partial charge in [0.1, 0.15) is 6.07 Å². The van der Waals surface area contributed by atoms with Gasteiger partial charge >= 0.3 is 0 Å². The van der Waals surface area contributed by atoms with E-state index in [0.29, 0.717) is 29.2 Å². The van der Waals surface area contributed by atoms with Crippen LogP contribution in [0.3, 0.4) is 0 Å². The van der Waals surface area contributed by atoms with Gasteiger partial charge in [0.15, 0.2) is 5.78 Å². The molecule has 0 radical (unpaired) electrons. The van der Waals surface area contributed by atoms with Gasteiger partial charge in [-0.05, 0) is 106 Å². The largest absolute Gasteiger partial charge is 0.390 e.